The average Bonchev–Trinajstić information content (AvgIpc) is 2.25. The highest BCUT2D eigenvalue weighted by atomic mass is 32.2. The molecule has 1 aliphatic rings. The molecule has 0 unspecified atom stereocenters. The maximum absolute atomic E-state index is 12.4. The summed E-state index contributed by atoms with van der Waals surface area (Å²) in [6.45, 7) is 2.69. The molecule has 0 saturated carbocycles. The summed E-state index contributed by atoms with van der Waals surface area (Å²) in [6, 6.07) is 0. The molecule has 1 fully saturated rings. The molecule has 4 nitrogen and oxygen atoms in total. The lowest BCUT2D eigenvalue weighted by Gasteiger charge is -2.29. The summed E-state index contributed by atoms with van der Waals surface area (Å²) in [5.41, 5.74) is -5.20. The third-order valence-electron chi connectivity index (χ3n) is 2.91. The van der Waals surface area contributed by atoms with Crippen molar-refractivity contribution in [3.05, 3.63) is 0 Å². The minimum Gasteiger partial charge on any atom is -0.317 e. The Balaban J connectivity index is 2.71. The SMILES string of the molecule is CCN(CC1CCNCC1)S(=O)(=O)C(F)(F)F. The van der Waals surface area contributed by atoms with Gasteiger partial charge in [0.15, 0.2) is 0 Å². The van der Waals surface area contributed by atoms with Crippen LogP contribution in [0.4, 0.5) is 13.2 Å². The molecule has 0 aromatic carbocycles. The summed E-state index contributed by atoms with van der Waals surface area (Å²) in [5, 5.41) is 3.08. The van der Waals surface area contributed by atoms with Gasteiger partial charge in [-0.05, 0) is 31.8 Å². The molecule has 0 atom stereocenters. The van der Waals surface area contributed by atoms with Crippen molar-refractivity contribution in [1.82, 2.24) is 9.62 Å². The molecule has 1 saturated heterocycles. The number of halogens is 3. The average molecular weight is 274 g/mol. The van der Waals surface area contributed by atoms with Crippen molar-refractivity contribution in [2.75, 3.05) is 26.2 Å². The van der Waals surface area contributed by atoms with Gasteiger partial charge in [0, 0.05) is 13.1 Å². The van der Waals surface area contributed by atoms with Crippen LogP contribution in [-0.4, -0.2) is 44.4 Å². The van der Waals surface area contributed by atoms with Crippen molar-refractivity contribution in [2.24, 2.45) is 5.92 Å². The normalized spacial score (nSPS) is 19.8. The molecule has 0 radical (unpaired) electrons. The van der Waals surface area contributed by atoms with Gasteiger partial charge in [-0.2, -0.15) is 17.5 Å². The molecule has 1 aliphatic heterocycles. The van der Waals surface area contributed by atoms with Crippen molar-refractivity contribution in [3.8, 4) is 0 Å². The fourth-order valence-electron chi connectivity index (χ4n) is 1.90. The van der Waals surface area contributed by atoms with Gasteiger partial charge in [0.25, 0.3) is 0 Å². The first-order chi connectivity index (χ1) is 7.79. The molecule has 102 valence electrons. The van der Waals surface area contributed by atoms with Crippen molar-refractivity contribution < 1.29 is 21.6 Å². The quantitative estimate of drug-likeness (QED) is 0.837. The molecule has 17 heavy (non-hydrogen) atoms. The summed E-state index contributed by atoms with van der Waals surface area (Å²) in [4.78, 5) is 0. The van der Waals surface area contributed by atoms with Crippen molar-refractivity contribution in [1.29, 1.82) is 0 Å². The Labute approximate surface area is 99.2 Å². The van der Waals surface area contributed by atoms with Crippen LogP contribution in [0.25, 0.3) is 0 Å². The molecule has 0 aliphatic carbocycles. The van der Waals surface area contributed by atoms with E-state index in [1.54, 1.807) is 0 Å². The largest absolute Gasteiger partial charge is 0.511 e. The number of piperidine rings is 1. The van der Waals surface area contributed by atoms with Crippen LogP contribution >= 0.6 is 0 Å². The van der Waals surface area contributed by atoms with Crippen LogP contribution in [-0.2, 0) is 10.0 Å². The van der Waals surface area contributed by atoms with Crippen molar-refractivity contribution >= 4 is 10.0 Å². The third kappa shape index (κ3) is 3.56. The van der Waals surface area contributed by atoms with Crippen molar-refractivity contribution in [2.45, 2.75) is 25.3 Å². The van der Waals surface area contributed by atoms with Crippen LogP contribution in [0.15, 0.2) is 0 Å². The zero-order valence-electron chi connectivity index (χ0n) is 9.63. The first kappa shape index (κ1) is 14.7. The van der Waals surface area contributed by atoms with Gasteiger partial charge in [0.05, 0.1) is 0 Å². The van der Waals surface area contributed by atoms with E-state index in [2.05, 4.69) is 5.32 Å². The third-order valence-corrected chi connectivity index (χ3v) is 4.58. The Morgan fingerprint density at radius 2 is 1.82 bits per heavy atom. The first-order valence-corrected chi connectivity index (χ1v) is 7.00. The van der Waals surface area contributed by atoms with Gasteiger partial charge in [-0.3, -0.25) is 0 Å². The van der Waals surface area contributed by atoms with E-state index in [9.17, 15) is 21.6 Å². The molecule has 0 aromatic rings. The van der Waals surface area contributed by atoms with Gasteiger partial charge in [0.2, 0.25) is 0 Å². The fraction of sp³-hybridized carbons (Fsp3) is 1.00. The lowest BCUT2D eigenvalue weighted by Crippen LogP contribution is -2.44. The van der Waals surface area contributed by atoms with E-state index < -0.39 is 15.5 Å². The number of alkyl halides is 3. The lowest BCUT2D eigenvalue weighted by molar-refractivity contribution is -0.0492. The molecule has 0 spiro atoms. The van der Waals surface area contributed by atoms with E-state index in [4.69, 9.17) is 0 Å². The number of hydrogen-bond donors (Lipinski definition) is 1. The zero-order valence-corrected chi connectivity index (χ0v) is 10.4. The van der Waals surface area contributed by atoms with Crippen LogP contribution in [0.5, 0.6) is 0 Å². The monoisotopic (exact) mass is 274 g/mol. The van der Waals surface area contributed by atoms with Gasteiger partial charge in [-0.25, -0.2) is 8.42 Å². The maximum Gasteiger partial charge on any atom is 0.511 e. The van der Waals surface area contributed by atoms with Crippen molar-refractivity contribution in [3.63, 3.8) is 0 Å². The summed E-state index contributed by atoms with van der Waals surface area (Å²) < 4.78 is 60.2. The van der Waals surface area contributed by atoms with E-state index in [0.717, 1.165) is 13.1 Å². The summed E-state index contributed by atoms with van der Waals surface area (Å²) in [6.07, 6.45) is 1.42. The standard InChI is InChI=1S/C9H17F3N2O2S/c1-2-14(17(15,16)9(10,11)12)7-8-3-5-13-6-4-8/h8,13H,2-7H2,1H3. The first-order valence-electron chi connectivity index (χ1n) is 5.56. The Hall–Kier alpha value is -0.340. The van der Waals surface area contributed by atoms with E-state index in [1.165, 1.54) is 6.92 Å². The number of hydrogen-bond acceptors (Lipinski definition) is 3. The Morgan fingerprint density at radius 3 is 2.24 bits per heavy atom. The van der Waals surface area contributed by atoms with Crippen LogP contribution in [0.1, 0.15) is 19.8 Å². The van der Waals surface area contributed by atoms with Gasteiger partial charge in [-0.1, -0.05) is 6.92 Å². The highest BCUT2D eigenvalue weighted by molar-refractivity contribution is 7.89. The van der Waals surface area contributed by atoms with E-state index in [0.29, 0.717) is 17.1 Å². The molecule has 0 amide bonds. The molecule has 1 rings (SSSR count). The smallest absolute Gasteiger partial charge is 0.317 e. The molecule has 0 bridgehead atoms. The minimum absolute atomic E-state index is 0.00771. The van der Waals surface area contributed by atoms with E-state index in [1.807, 2.05) is 0 Å². The fourth-order valence-corrected chi connectivity index (χ4v) is 2.94. The van der Waals surface area contributed by atoms with Gasteiger partial charge in [-0.15, -0.1) is 0 Å². The highest BCUT2D eigenvalue weighted by Gasteiger charge is 2.49. The summed E-state index contributed by atoms with van der Waals surface area (Å²) in [7, 11) is -5.18. The minimum atomic E-state index is -5.20. The summed E-state index contributed by atoms with van der Waals surface area (Å²) in [5.74, 6) is 0.00771. The molecule has 0 aromatic heterocycles. The van der Waals surface area contributed by atoms with E-state index >= 15 is 0 Å². The Kier molecular flexibility index (Phi) is 4.79. The second kappa shape index (κ2) is 5.53. The number of rotatable bonds is 4. The lowest BCUT2D eigenvalue weighted by atomic mass is 9.98. The molecular formula is C9H17F3N2O2S. The number of sulfonamides is 1. The van der Waals surface area contributed by atoms with Crippen LogP contribution in [0, 0.1) is 5.92 Å². The zero-order chi connectivity index (χ0) is 13.1. The highest BCUT2D eigenvalue weighted by Crippen LogP contribution is 2.28. The Bertz CT molecular complexity index is 337. The van der Waals surface area contributed by atoms with Gasteiger partial charge >= 0.3 is 15.5 Å². The maximum atomic E-state index is 12.4. The number of nitrogens with one attached hydrogen (secondary N) is 1. The van der Waals surface area contributed by atoms with Crippen LogP contribution in [0.3, 0.4) is 0 Å². The Morgan fingerprint density at radius 1 is 1.29 bits per heavy atom. The van der Waals surface area contributed by atoms with E-state index in [-0.39, 0.29) is 19.0 Å². The second-order valence-electron chi connectivity index (χ2n) is 4.09. The van der Waals surface area contributed by atoms with Gasteiger partial charge < -0.3 is 5.32 Å². The predicted molar refractivity (Wildman–Crippen MR) is 57.8 cm³/mol. The second-order valence-corrected chi connectivity index (χ2v) is 6.02. The van der Waals surface area contributed by atoms with Crippen LogP contribution < -0.4 is 5.32 Å². The predicted octanol–water partition coefficient (Wildman–Crippen LogP) is 1.16. The topological polar surface area (TPSA) is 49.4 Å². The number of nitrogens with zero attached hydrogens (tertiary/aromatic N) is 1. The molecular weight excluding hydrogens is 257 g/mol. The van der Waals surface area contributed by atoms with Gasteiger partial charge in [0.1, 0.15) is 0 Å². The van der Waals surface area contributed by atoms with Crippen LogP contribution in [0.2, 0.25) is 0 Å². The molecule has 1 N–H and O–H groups in total. The summed E-state index contributed by atoms with van der Waals surface area (Å²) >= 11 is 0. The molecule has 8 heteroatoms. The molecule has 1 heterocycles.